The van der Waals surface area contributed by atoms with Crippen molar-refractivity contribution in [2.24, 2.45) is 18.0 Å². The third-order valence-corrected chi connectivity index (χ3v) is 5.37. The standard InChI is InChI=1S/C21H40N6.HI/c1-8-22-21(23-12-18-10-9-11-27(13-18)17(4)5)25(6)14-19-15-26(7)24-20(19)16(2)3;/h15-18H,8-14H2,1-7H3,(H,22,23);1H. The van der Waals surface area contributed by atoms with Crippen molar-refractivity contribution in [1.29, 1.82) is 0 Å². The fraction of sp³-hybridized carbons (Fsp3) is 0.810. The van der Waals surface area contributed by atoms with Crippen LogP contribution < -0.4 is 5.32 Å². The number of hydrogen-bond acceptors (Lipinski definition) is 3. The molecule has 1 aromatic rings. The van der Waals surface area contributed by atoms with Crippen LogP contribution in [0.2, 0.25) is 0 Å². The molecule has 0 radical (unpaired) electrons. The van der Waals surface area contributed by atoms with Crippen molar-refractivity contribution in [3.8, 4) is 0 Å². The highest BCUT2D eigenvalue weighted by atomic mass is 127. The van der Waals surface area contributed by atoms with E-state index in [1.165, 1.54) is 37.2 Å². The van der Waals surface area contributed by atoms with Crippen LogP contribution in [0.1, 0.15) is 64.6 Å². The van der Waals surface area contributed by atoms with E-state index >= 15 is 0 Å². The van der Waals surface area contributed by atoms with E-state index in [0.29, 0.717) is 17.9 Å². The van der Waals surface area contributed by atoms with Crippen LogP contribution in [0.4, 0.5) is 0 Å². The molecular weight excluding hydrogens is 463 g/mol. The van der Waals surface area contributed by atoms with Crippen molar-refractivity contribution in [3.63, 3.8) is 0 Å². The Labute approximate surface area is 189 Å². The molecule has 1 saturated heterocycles. The van der Waals surface area contributed by atoms with Crippen LogP contribution in [0.15, 0.2) is 11.2 Å². The van der Waals surface area contributed by atoms with Gasteiger partial charge in [0.2, 0.25) is 0 Å². The molecule has 1 aliphatic rings. The molecule has 0 aliphatic carbocycles. The Balaban J connectivity index is 0.00000392. The fourth-order valence-electron chi connectivity index (χ4n) is 3.89. The van der Waals surface area contributed by atoms with E-state index < -0.39 is 0 Å². The van der Waals surface area contributed by atoms with Crippen LogP contribution in [0.3, 0.4) is 0 Å². The summed E-state index contributed by atoms with van der Waals surface area (Å²) in [5, 5.41) is 8.10. The molecule has 2 rings (SSSR count). The van der Waals surface area contributed by atoms with Crippen LogP contribution in [0.25, 0.3) is 0 Å². The number of piperidine rings is 1. The van der Waals surface area contributed by atoms with Gasteiger partial charge < -0.3 is 15.1 Å². The largest absolute Gasteiger partial charge is 0.357 e. The minimum Gasteiger partial charge on any atom is -0.357 e. The maximum atomic E-state index is 4.99. The molecule has 1 unspecified atom stereocenters. The number of likely N-dealkylation sites (tertiary alicyclic amines) is 1. The van der Waals surface area contributed by atoms with Crippen molar-refractivity contribution in [2.75, 3.05) is 33.2 Å². The summed E-state index contributed by atoms with van der Waals surface area (Å²) >= 11 is 0. The zero-order valence-corrected chi connectivity index (χ0v) is 21.2. The summed E-state index contributed by atoms with van der Waals surface area (Å²) in [6.45, 7) is 16.2. The highest BCUT2D eigenvalue weighted by Crippen LogP contribution is 2.20. The first kappa shape index (κ1) is 25.2. The molecule has 0 amide bonds. The van der Waals surface area contributed by atoms with Crippen molar-refractivity contribution < 1.29 is 0 Å². The van der Waals surface area contributed by atoms with Gasteiger partial charge in [0.15, 0.2) is 5.96 Å². The van der Waals surface area contributed by atoms with Gasteiger partial charge in [-0.05, 0) is 52.0 Å². The Morgan fingerprint density at radius 2 is 2.07 bits per heavy atom. The Hall–Kier alpha value is -0.830. The van der Waals surface area contributed by atoms with Gasteiger partial charge in [-0.1, -0.05) is 13.8 Å². The molecule has 0 saturated carbocycles. The summed E-state index contributed by atoms with van der Waals surface area (Å²) in [4.78, 5) is 9.81. The molecule has 2 heterocycles. The lowest BCUT2D eigenvalue weighted by atomic mass is 9.97. The number of halogens is 1. The quantitative estimate of drug-likeness (QED) is 0.350. The second-order valence-corrected chi connectivity index (χ2v) is 8.52. The number of aromatic nitrogens is 2. The van der Waals surface area contributed by atoms with Gasteiger partial charge in [0, 0.05) is 58.1 Å². The normalized spacial score (nSPS) is 18.5. The van der Waals surface area contributed by atoms with Gasteiger partial charge in [-0.3, -0.25) is 9.67 Å². The monoisotopic (exact) mass is 504 g/mol. The Morgan fingerprint density at radius 1 is 1.36 bits per heavy atom. The molecule has 1 aliphatic heterocycles. The van der Waals surface area contributed by atoms with Gasteiger partial charge in [-0.15, -0.1) is 24.0 Å². The maximum Gasteiger partial charge on any atom is 0.193 e. The Morgan fingerprint density at radius 3 is 2.68 bits per heavy atom. The van der Waals surface area contributed by atoms with Gasteiger partial charge in [0.1, 0.15) is 0 Å². The van der Waals surface area contributed by atoms with E-state index in [0.717, 1.165) is 25.6 Å². The van der Waals surface area contributed by atoms with Crippen molar-refractivity contribution in [1.82, 2.24) is 24.9 Å². The van der Waals surface area contributed by atoms with Gasteiger partial charge in [0.05, 0.1) is 5.69 Å². The number of guanidine groups is 1. The van der Waals surface area contributed by atoms with E-state index in [1.807, 2.05) is 11.7 Å². The third-order valence-electron chi connectivity index (χ3n) is 5.37. The van der Waals surface area contributed by atoms with Crippen LogP contribution in [-0.2, 0) is 13.6 Å². The molecular formula is C21H41IN6. The summed E-state index contributed by atoms with van der Waals surface area (Å²) < 4.78 is 1.92. The first-order valence-electron chi connectivity index (χ1n) is 10.6. The second kappa shape index (κ2) is 12.0. The minimum atomic E-state index is 0. The lowest BCUT2D eigenvalue weighted by Gasteiger charge is -2.35. The molecule has 6 nitrogen and oxygen atoms in total. The van der Waals surface area contributed by atoms with Crippen molar-refractivity contribution in [2.45, 2.75) is 66.0 Å². The van der Waals surface area contributed by atoms with E-state index in [4.69, 9.17) is 4.99 Å². The van der Waals surface area contributed by atoms with Crippen LogP contribution in [-0.4, -0.2) is 64.8 Å². The van der Waals surface area contributed by atoms with E-state index in [2.05, 4.69) is 68.1 Å². The second-order valence-electron chi connectivity index (χ2n) is 8.52. The number of aliphatic imine (C=N–C) groups is 1. The van der Waals surface area contributed by atoms with Gasteiger partial charge in [-0.2, -0.15) is 5.10 Å². The van der Waals surface area contributed by atoms with Gasteiger partial charge in [-0.25, -0.2) is 0 Å². The van der Waals surface area contributed by atoms with Crippen LogP contribution >= 0.6 is 24.0 Å². The summed E-state index contributed by atoms with van der Waals surface area (Å²) in [5.74, 6) is 2.09. The molecule has 0 spiro atoms. The molecule has 162 valence electrons. The third kappa shape index (κ3) is 7.21. The predicted octanol–water partition coefficient (Wildman–Crippen LogP) is 3.68. The van der Waals surface area contributed by atoms with Gasteiger partial charge in [0.25, 0.3) is 0 Å². The average Bonchev–Trinajstić information content (AvgIpc) is 2.99. The zero-order chi connectivity index (χ0) is 20.0. The molecule has 28 heavy (non-hydrogen) atoms. The SMILES string of the molecule is CCNC(=NCC1CCCN(C(C)C)C1)N(C)Cc1cn(C)nc1C(C)C.I. The van der Waals surface area contributed by atoms with E-state index in [1.54, 1.807) is 0 Å². The molecule has 1 N–H and O–H groups in total. The molecule has 0 aromatic carbocycles. The molecule has 0 bridgehead atoms. The summed E-state index contributed by atoms with van der Waals surface area (Å²) in [6.07, 6.45) is 4.71. The molecule has 1 aromatic heterocycles. The average molecular weight is 505 g/mol. The van der Waals surface area contributed by atoms with Crippen molar-refractivity contribution >= 4 is 29.9 Å². The smallest absolute Gasteiger partial charge is 0.193 e. The molecule has 7 heteroatoms. The molecule has 1 atom stereocenters. The number of nitrogens with zero attached hydrogens (tertiary/aromatic N) is 5. The first-order chi connectivity index (χ1) is 12.8. The summed E-state index contributed by atoms with van der Waals surface area (Å²) in [7, 11) is 4.12. The molecule has 1 fully saturated rings. The zero-order valence-electron chi connectivity index (χ0n) is 18.9. The Bertz CT molecular complexity index is 610. The predicted molar refractivity (Wildman–Crippen MR) is 130 cm³/mol. The first-order valence-corrected chi connectivity index (χ1v) is 10.6. The number of aryl methyl sites for hydroxylation is 1. The maximum absolute atomic E-state index is 4.99. The lowest BCUT2D eigenvalue weighted by Crippen LogP contribution is -2.42. The highest BCUT2D eigenvalue weighted by Gasteiger charge is 2.22. The number of hydrogen-bond donors (Lipinski definition) is 1. The Kier molecular flexibility index (Phi) is 10.8. The lowest BCUT2D eigenvalue weighted by molar-refractivity contribution is 0.143. The topological polar surface area (TPSA) is 48.7 Å². The summed E-state index contributed by atoms with van der Waals surface area (Å²) in [6, 6.07) is 0.632. The van der Waals surface area contributed by atoms with E-state index in [9.17, 15) is 0 Å². The minimum absolute atomic E-state index is 0. The fourth-order valence-corrected chi connectivity index (χ4v) is 3.89. The highest BCUT2D eigenvalue weighted by molar-refractivity contribution is 14.0. The van der Waals surface area contributed by atoms with Crippen LogP contribution in [0, 0.1) is 5.92 Å². The number of rotatable bonds is 7. The number of nitrogens with one attached hydrogen (secondary N) is 1. The van der Waals surface area contributed by atoms with Crippen molar-refractivity contribution in [3.05, 3.63) is 17.5 Å². The van der Waals surface area contributed by atoms with Crippen LogP contribution in [0.5, 0.6) is 0 Å². The summed E-state index contributed by atoms with van der Waals surface area (Å²) in [5.41, 5.74) is 2.46. The van der Waals surface area contributed by atoms with Gasteiger partial charge >= 0.3 is 0 Å². The van der Waals surface area contributed by atoms with E-state index in [-0.39, 0.29) is 24.0 Å².